The highest BCUT2D eigenvalue weighted by atomic mass is 19.1. The molecule has 1 rings (SSSR count). The summed E-state index contributed by atoms with van der Waals surface area (Å²) in [5.41, 5.74) is 0. The van der Waals surface area contributed by atoms with Crippen molar-refractivity contribution in [3.63, 3.8) is 0 Å². The largest absolute Gasteiger partial charge is 0.473 e. The van der Waals surface area contributed by atoms with Gasteiger partial charge in [-0.05, 0) is 12.8 Å². The predicted molar refractivity (Wildman–Crippen MR) is 69.5 cm³/mol. The molecule has 0 fully saturated rings. The Kier molecular flexibility index (Phi) is 6.49. The molecule has 0 spiro atoms. The number of rotatable bonds is 8. The molecule has 4 nitrogen and oxygen atoms in total. The van der Waals surface area contributed by atoms with E-state index in [1.54, 1.807) is 6.92 Å². The van der Waals surface area contributed by atoms with Gasteiger partial charge in [0.05, 0.1) is 6.61 Å². The first-order valence-electron chi connectivity index (χ1n) is 6.35. The molecule has 108 valence electrons. The number of anilines is 1. The van der Waals surface area contributed by atoms with Gasteiger partial charge in [-0.15, -0.1) is 0 Å². The van der Waals surface area contributed by atoms with Gasteiger partial charge >= 0.3 is 0 Å². The molecule has 0 saturated heterocycles. The first kappa shape index (κ1) is 15.6. The third-order valence-corrected chi connectivity index (χ3v) is 2.16. The summed E-state index contributed by atoms with van der Waals surface area (Å²) in [5, 5.41) is 2.70. The minimum atomic E-state index is -0.817. The average molecular weight is 274 g/mol. The molecular formula is C13H20F2N2O2. The van der Waals surface area contributed by atoms with E-state index in [9.17, 15) is 8.78 Å². The standard InChI is InChI=1S/C13H20F2N2O2/c1-4-16-12-10(14)7-11(15)13(17-12)19-6-5-18-8-9(2)3/h7,9H,4-6,8H2,1-3H3,(H,16,17). The van der Waals surface area contributed by atoms with E-state index < -0.39 is 11.6 Å². The minimum Gasteiger partial charge on any atom is -0.473 e. The van der Waals surface area contributed by atoms with Gasteiger partial charge in [-0.3, -0.25) is 0 Å². The summed E-state index contributed by atoms with van der Waals surface area (Å²) in [6.45, 7) is 7.49. The van der Waals surface area contributed by atoms with Crippen molar-refractivity contribution in [2.45, 2.75) is 20.8 Å². The number of hydrogen-bond donors (Lipinski definition) is 1. The van der Waals surface area contributed by atoms with Crippen molar-refractivity contribution in [1.82, 2.24) is 4.98 Å². The van der Waals surface area contributed by atoms with Crippen LogP contribution in [-0.2, 0) is 4.74 Å². The molecule has 0 aliphatic carbocycles. The fourth-order valence-electron chi connectivity index (χ4n) is 1.36. The number of nitrogens with one attached hydrogen (secondary N) is 1. The lowest BCUT2D eigenvalue weighted by molar-refractivity contribution is 0.0793. The summed E-state index contributed by atoms with van der Waals surface area (Å²) in [7, 11) is 0. The Balaban J connectivity index is 2.50. The first-order valence-corrected chi connectivity index (χ1v) is 6.35. The summed E-state index contributed by atoms with van der Waals surface area (Å²) in [4.78, 5) is 3.76. The summed E-state index contributed by atoms with van der Waals surface area (Å²) >= 11 is 0. The van der Waals surface area contributed by atoms with E-state index in [-0.39, 0.29) is 18.3 Å². The molecule has 0 aliphatic rings. The lowest BCUT2D eigenvalue weighted by Gasteiger charge is -2.10. The molecule has 0 saturated carbocycles. The van der Waals surface area contributed by atoms with E-state index in [1.165, 1.54) is 0 Å². The summed E-state index contributed by atoms with van der Waals surface area (Å²) in [6.07, 6.45) is 0. The number of pyridine rings is 1. The van der Waals surface area contributed by atoms with Gasteiger partial charge in [0.15, 0.2) is 17.5 Å². The SMILES string of the molecule is CCNc1nc(OCCOCC(C)C)c(F)cc1F. The molecule has 1 aromatic rings. The third-order valence-electron chi connectivity index (χ3n) is 2.16. The molecule has 6 heteroatoms. The second kappa shape index (κ2) is 7.89. The molecular weight excluding hydrogens is 254 g/mol. The zero-order valence-electron chi connectivity index (χ0n) is 11.5. The second-order valence-electron chi connectivity index (χ2n) is 4.45. The van der Waals surface area contributed by atoms with Crippen molar-refractivity contribution in [3.8, 4) is 5.88 Å². The van der Waals surface area contributed by atoms with Gasteiger partial charge in [-0.25, -0.2) is 8.78 Å². The monoisotopic (exact) mass is 274 g/mol. The number of ether oxygens (including phenoxy) is 2. The maximum Gasteiger partial charge on any atom is 0.252 e. The van der Waals surface area contributed by atoms with Gasteiger partial charge in [-0.2, -0.15) is 4.98 Å². The van der Waals surface area contributed by atoms with Crippen molar-refractivity contribution in [1.29, 1.82) is 0 Å². The Labute approximate surface area is 112 Å². The van der Waals surface area contributed by atoms with Crippen LogP contribution in [0.1, 0.15) is 20.8 Å². The number of halogens is 2. The van der Waals surface area contributed by atoms with Crippen LogP contribution in [0.5, 0.6) is 5.88 Å². The van der Waals surface area contributed by atoms with Crippen LogP contribution < -0.4 is 10.1 Å². The van der Waals surface area contributed by atoms with E-state index in [1.807, 2.05) is 13.8 Å². The van der Waals surface area contributed by atoms with Gasteiger partial charge in [-0.1, -0.05) is 13.8 Å². The minimum absolute atomic E-state index is 0.0120. The van der Waals surface area contributed by atoms with Crippen LogP contribution in [0.3, 0.4) is 0 Å². The van der Waals surface area contributed by atoms with Crippen LogP contribution in [0, 0.1) is 17.6 Å². The van der Waals surface area contributed by atoms with Crippen LogP contribution in [0.25, 0.3) is 0 Å². The Hall–Kier alpha value is -1.43. The Morgan fingerprint density at radius 1 is 1.26 bits per heavy atom. The Bertz CT molecular complexity index is 400. The van der Waals surface area contributed by atoms with Crippen molar-refractivity contribution in [2.24, 2.45) is 5.92 Å². The molecule has 0 bridgehead atoms. The molecule has 1 aromatic heterocycles. The van der Waals surface area contributed by atoms with Crippen LogP contribution in [-0.4, -0.2) is 31.3 Å². The summed E-state index contributed by atoms with van der Waals surface area (Å²) in [6, 6.07) is 0.759. The zero-order chi connectivity index (χ0) is 14.3. The predicted octanol–water partition coefficient (Wildman–Crippen LogP) is 2.84. The van der Waals surface area contributed by atoms with E-state index in [0.717, 1.165) is 6.07 Å². The van der Waals surface area contributed by atoms with Gasteiger partial charge in [0.25, 0.3) is 5.88 Å². The molecule has 0 unspecified atom stereocenters. The average Bonchev–Trinajstić information content (AvgIpc) is 2.33. The Morgan fingerprint density at radius 2 is 2.00 bits per heavy atom. The van der Waals surface area contributed by atoms with Gasteiger partial charge in [0, 0.05) is 19.2 Å². The molecule has 0 aromatic carbocycles. The summed E-state index contributed by atoms with van der Waals surface area (Å²) < 4.78 is 37.2. The first-order chi connectivity index (χ1) is 9.04. The zero-order valence-corrected chi connectivity index (χ0v) is 11.5. The number of hydrogen-bond acceptors (Lipinski definition) is 4. The molecule has 0 amide bonds. The molecule has 1 N–H and O–H groups in total. The third kappa shape index (κ3) is 5.38. The summed E-state index contributed by atoms with van der Waals surface area (Å²) in [5.74, 6) is -1.35. The lowest BCUT2D eigenvalue weighted by Crippen LogP contribution is -2.12. The fraction of sp³-hybridized carbons (Fsp3) is 0.615. The van der Waals surface area contributed by atoms with E-state index in [2.05, 4.69) is 10.3 Å². The molecule has 0 radical (unpaired) electrons. The smallest absolute Gasteiger partial charge is 0.252 e. The van der Waals surface area contributed by atoms with Crippen LogP contribution >= 0.6 is 0 Å². The van der Waals surface area contributed by atoms with Crippen LogP contribution in [0.2, 0.25) is 0 Å². The highest BCUT2D eigenvalue weighted by Gasteiger charge is 2.12. The van der Waals surface area contributed by atoms with Crippen molar-refractivity contribution >= 4 is 5.82 Å². The highest BCUT2D eigenvalue weighted by Crippen LogP contribution is 2.20. The molecule has 1 heterocycles. The molecule has 0 aliphatic heterocycles. The van der Waals surface area contributed by atoms with E-state index in [4.69, 9.17) is 9.47 Å². The van der Waals surface area contributed by atoms with Crippen molar-refractivity contribution in [2.75, 3.05) is 31.7 Å². The quantitative estimate of drug-likeness (QED) is 0.740. The number of aromatic nitrogens is 1. The van der Waals surface area contributed by atoms with Crippen molar-refractivity contribution in [3.05, 3.63) is 17.7 Å². The number of nitrogens with zero attached hydrogens (tertiary/aromatic N) is 1. The van der Waals surface area contributed by atoms with Crippen LogP contribution in [0.4, 0.5) is 14.6 Å². The van der Waals surface area contributed by atoms with E-state index >= 15 is 0 Å². The Morgan fingerprint density at radius 3 is 2.63 bits per heavy atom. The van der Waals surface area contributed by atoms with Crippen molar-refractivity contribution < 1.29 is 18.3 Å². The topological polar surface area (TPSA) is 43.4 Å². The highest BCUT2D eigenvalue weighted by molar-refractivity contribution is 5.39. The molecule has 0 atom stereocenters. The lowest BCUT2D eigenvalue weighted by atomic mass is 10.2. The normalized spacial score (nSPS) is 10.8. The van der Waals surface area contributed by atoms with Gasteiger partial charge in [0.1, 0.15) is 6.61 Å². The fourth-order valence-corrected chi connectivity index (χ4v) is 1.36. The van der Waals surface area contributed by atoms with Gasteiger partial charge < -0.3 is 14.8 Å². The van der Waals surface area contributed by atoms with E-state index in [0.29, 0.717) is 25.7 Å². The van der Waals surface area contributed by atoms with Gasteiger partial charge in [0.2, 0.25) is 0 Å². The second-order valence-corrected chi connectivity index (χ2v) is 4.45. The maximum absolute atomic E-state index is 13.4. The van der Waals surface area contributed by atoms with Crippen LogP contribution in [0.15, 0.2) is 6.07 Å². The molecule has 19 heavy (non-hydrogen) atoms. The maximum atomic E-state index is 13.4.